The number of amides is 1. The summed E-state index contributed by atoms with van der Waals surface area (Å²) in [5, 5.41) is 1.49. The van der Waals surface area contributed by atoms with Gasteiger partial charge in [0.15, 0.2) is 5.16 Å². The van der Waals surface area contributed by atoms with Crippen molar-refractivity contribution in [2.45, 2.75) is 31.5 Å². The Morgan fingerprint density at radius 1 is 1.38 bits per heavy atom. The average molecular weight is 432 g/mol. The van der Waals surface area contributed by atoms with Gasteiger partial charge in [-0.2, -0.15) is 0 Å². The van der Waals surface area contributed by atoms with E-state index in [1.807, 2.05) is 11.0 Å². The molecule has 0 N–H and O–H groups in total. The molecular weight excluding hydrogens is 410 g/mol. The molecule has 1 aromatic carbocycles. The number of thioether (sulfide) groups is 1. The summed E-state index contributed by atoms with van der Waals surface area (Å²) in [5.74, 6) is 1.49. The van der Waals surface area contributed by atoms with E-state index in [0.29, 0.717) is 32.8 Å². The molecule has 1 saturated heterocycles. The number of fused-ring (bicyclic) bond motifs is 1. The highest BCUT2D eigenvalue weighted by Crippen LogP contribution is 2.23. The molecule has 0 spiro atoms. The highest BCUT2D eigenvalue weighted by atomic mass is 35.5. The zero-order valence-corrected chi connectivity index (χ0v) is 17.7. The van der Waals surface area contributed by atoms with Gasteiger partial charge in [0.05, 0.1) is 29.5 Å². The van der Waals surface area contributed by atoms with Gasteiger partial charge >= 0.3 is 0 Å². The molecule has 1 amide bonds. The molecule has 0 unspecified atom stereocenters. The van der Waals surface area contributed by atoms with E-state index in [1.165, 1.54) is 11.8 Å². The van der Waals surface area contributed by atoms with Gasteiger partial charge in [-0.1, -0.05) is 30.3 Å². The standard InChI is InChI=1S/C21H22ClN3O3S/c1-14-4-2-8-24(11-14)19(26)13-29-21-23-18-10-15(22)6-7-17(18)20(27)25(21)12-16-5-3-9-28-16/h3,5-7,9-10,14H,2,4,8,11-13H2,1H3/t14-/m1/s1. The van der Waals surface area contributed by atoms with Crippen molar-refractivity contribution in [2.75, 3.05) is 18.8 Å². The number of rotatable bonds is 5. The third kappa shape index (κ3) is 4.51. The topological polar surface area (TPSA) is 68.3 Å². The Balaban J connectivity index is 1.64. The van der Waals surface area contributed by atoms with Crippen LogP contribution in [0, 0.1) is 5.92 Å². The molecule has 0 bridgehead atoms. The summed E-state index contributed by atoms with van der Waals surface area (Å²) in [7, 11) is 0. The number of carbonyl (C=O) groups excluding carboxylic acids is 1. The average Bonchev–Trinajstić information content (AvgIpc) is 3.21. The SMILES string of the molecule is C[C@@H]1CCCN(C(=O)CSc2nc3cc(Cl)ccc3c(=O)n2Cc2ccco2)C1. The smallest absolute Gasteiger partial charge is 0.262 e. The van der Waals surface area contributed by atoms with Crippen LogP contribution in [0.5, 0.6) is 0 Å². The Bertz CT molecular complexity index is 1080. The number of nitrogens with zero attached hydrogens (tertiary/aromatic N) is 3. The molecule has 0 radical (unpaired) electrons. The summed E-state index contributed by atoms with van der Waals surface area (Å²) in [6.07, 6.45) is 3.77. The molecule has 1 atom stereocenters. The van der Waals surface area contributed by atoms with E-state index in [9.17, 15) is 9.59 Å². The largest absolute Gasteiger partial charge is 0.467 e. The molecule has 0 saturated carbocycles. The van der Waals surface area contributed by atoms with Gasteiger partial charge in [0, 0.05) is 18.1 Å². The third-order valence-electron chi connectivity index (χ3n) is 5.11. The fraction of sp³-hybridized carbons (Fsp3) is 0.381. The summed E-state index contributed by atoms with van der Waals surface area (Å²) in [5.41, 5.74) is 0.351. The molecule has 1 aliphatic heterocycles. The van der Waals surface area contributed by atoms with Crippen LogP contribution < -0.4 is 5.56 Å². The minimum absolute atomic E-state index is 0.0755. The van der Waals surface area contributed by atoms with Crippen molar-refractivity contribution < 1.29 is 9.21 Å². The van der Waals surface area contributed by atoms with Crippen LogP contribution in [-0.2, 0) is 11.3 Å². The second kappa shape index (κ2) is 8.63. The van der Waals surface area contributed by atoms with Crippen molar-refractivity contribution in [2.24, 2.45) is 5.92 Å². The predicted octanol–water partition coefficient (Wildman–Crippen LogP) is 4.04. The van der Waals surface area contributed by atoms with Crippen molar-refractivity contribution >= 4 is 40.2 Å². The first-order valence-corrected chi connectivity index (χ1v) is 11.0. The number of hydrogen-bond acceptors (Lipinski definition) is 5. The molecule has 2 aromatic heterocycles. The molecule has 0 aliphatic carbocycles. The number of aromatic nitrogens is 2. The first kappa shape index (κ1) is 20.0. The fourth-order valence-electron chi connectivity index (χ4n) is 3.62. The van der Waals surface area contributed by atoms with E-state index < -0.39 is 0 Å². The molecule has 6 nitrogen and oxygen atoms in total. The molecule has 4 rings (SSSR count). The van der Waals surface area contributed by atoms with E-state index in [-0.39, 0.29) is 23.8 Å². The van der Waals surface area contributed by atoms with Gasteiger partial charge in [0.2, 0.25) is 5.91 Å². The van der Waals surface area contributed by atoms with Crippen molar-refractivity contribution in [3.8, 4) is 0 Å². The quantitative estimate of drug-likeness (QED) is 0.450. The van der Waals surface area contributed by atoms with Gasteiger partial charge in [-0.25, -0.2) is 4.98 Å². The Hall–Kier alpha value is -2.25. The van der Waals surface area contributed by atoms with Gasteiger partial charge < -0.3 is 9.32 Å². The number of carbonyl (C=O) groups is 1. The zero-order chi connectivity index (χ0) is 20.4. The molecular formula is C21H22ClN3O3S. The Morgan fingerprint density at radius 2 is 2.24 bits per heavy atom. The van der Waals surface area contributed by atoms with Crippen molar-refractivity contribution in [3.05, 3.63) is 57.7 Å². The van der Waals surface area contributed by atoms with Gasteiger partial charge in [-0.15, -0.1) is 0 Å². The lowest BCUT2D eigenvalue weighted by atomic mass is 10.0. The number of benzene rings is 1. The zero-order valence-electron chi connectivity index (χ0n) is 16.1. The third-order valence-corrected chi connectivity index (χ3v) is 6.31. The first-order valence-electron chi connectivity index (χ1n) is 9.64. The van der Waals surface area contributed by atoms with Crippen molar-refractivity contribution in [3.63, 3.8) is 0 Å². The van der Waals surface area contributed by atoms with Gasteiger partial charge in [0.25, 0.3) is 5.56 Å². The minimum atomic E-state index is -0.176. The van der Waals surface area contributed by atoms with Crippen LogP contribution in [0.15, 0.2) is 51.0 Å². The highest BCUT2D eigenvalue weighted by Gasteiger charge is 2.22. The summed E-state index contributed by atoms with van der Waals surface area (Å²) < 4.78 is 6.98. The summed E-state index contributed by atoms with van der Waals surface area (Å²) in [6.45, 7) is 4.01. The summed E-state index contributed by atoms with van der Waals surface area (Å²) in [6, 6.07) is 8.63. The fourth-order valence-corrected chi connectivity index (χ4v) is 4.68. The second-order valence-electron chi connectivity index (χ2n) is 7.40. The van der Waals surface area contributed by atoms with Crippen molar-refractivity contribution in [1.29, 1.82) is 0 Å². The van der Waals surface area contributed by atoms with Gasteiger partial charge in [-0.3, -0.25) is 14.2 Å². The van der Waals surface area contributed by atoms with Crippen LogP contribution in [0.4, 0.5) is 0 Å². The maximum Gasteiger partial charge on any atom is 0.262 e. The monoisotopic (exact) mass is 431 g/mol. The lowest BCUT2D eigenvalue weighted by Gasteiger charge is -2.30. The molecule has 3 aromatic rings. The Morgan fingerprint density at radius 3 is 3.00 bits per heavy atom. The second-order valence-corrected chi connectivity index (χ2v) is 8.78. The maximum atomic E-state index is 13.1. The van der Waals surface area contributed by atoms with Crippen LogP contribution in [-0.4, -0.2) is 39.2 Å². The van der Waals surface area contributed by atoms with E-state index in [1.54, 1.807) is 35.1 Å². The Kier molecular flexibility index (Phi) is 5.96. The predicted molar refractivity (Wildman–Crippen MR) is 115 cm³/mol. The minimum Gasteiger partial charge on any atom is -0.467 e. The molecule has 152 valence electrons. The summed E-state index contributed by atoms with van der Waals surface area (Å²) in [4.78, 5) is 32.4. The van der Waals surface area contributed by atoms with E-state index in [4.69, 9.17) is 16.0 Å². The molecule has 1 aliphatic rings. The van der Waals surface area contributed by atoms with Crippen LogP contribution in [0.3, 0.4) is 0 Å². The van der Waals surface area contributed by atoms with Crippen LogP contribution >= 0.6 is 23.4 Å². The van der Waals surface area contributed by atoms with E-state index >= 15 is 0 Å². The number of halogens is 1. The lowest BCUT2D eigenvalue weighted by molar-refractivity contribution is -0.130. The Labute approximate surface area is 177 Å². The molecule has 29 heavy (non-hydrogen) atoms. The number of piperidine rings is 1. The van der Waals surface area contributed by atoms with Crippen molar-refractivity contribution in [1.82, 2.24) is 14.5 Å². The molecule has 3 heterocycles. The first-order chi connectivity index (χ1) is 14.0. The lowest BCUT2D eigenvalue weighted by Crippen LogP contribution is -2.40. The number of hydrogen-bond donors (Lipinski definition) is 0. The van der Waals surface area contributed by atoms with E-state index in [2.05, 4.69) is 11.9 Å². The van der Waals surface area contributed by atoms with Gasteiger partial charge in [-0.05, 0) is 49.1 Å². The van der Waals surface area contributed by atoms with Crippen LogP contribution in [0.2, 0.25) is 5.02 Å². The normalized spacial score (nSPS) is 17.0. The highest BCUT2D eigenvalue weighted by molar-refractivity contribution is 7.99. The number of likely N-dealkylation sites (tertiary alicyclic amines) is 1. The number of furan rings is 1. The summed E-state index contributed by atoms with van der Waals surface area (Å²) >= 11 is 7.37. The van der Waals surface area contributed by atoms with Crippen LogP contribution in [0.25, 0.3) is 10.9 Å². The van der Waals surface area contributed by atoms with Crippen LogP contribution in [0.1, 0.15) is 25.5 Å². The molecule has 1 fully saturated rings. The van der Waals surface area contributed by atoms with E-state index in [0.717, 1.165) is 25.9 Å². The maximum absolute atomic E-state index is 13.1. The van der Waals surface area contributed by atoms with Gasteiger partial charge in [0.1, 0.15) is 5.76 Å². The molecule has 8 heteroatoms.